The number of sulfone groups is 1. The van der Waals surface area contributed by atoms with Gasteiger partial charge in [-0.1, -0.05) is 0 Å². The van der Waals surface area contributed by atoms with Crippen molar-refractivity contribution in [3.63, 3.8) is 0 Å². The van der Waals surface area contributed by atoms with Crippen LogP contribution in [0.2, 0.25) is 0 Å². The van der Waals surface area contributed by atoms with Crippen molar-refractivity contribution in [1.29, 1.82) is 0 Å². The molecule has 1 aromatic rings. The first-order chi connectivity index (χ1) is 7.34. The minimum atomic E-state index is -3.00. The third kappa shape index (κ3) is 3.84. The van der Waals surface area contributed by atoms with Gasteiger partial charge in [-0.2, -0.15) is 0 Å². The van der Waals surface area contributed by atoms with Crippen LogP contribution in [0.15, 0.2) is 15.9 Å². The Labute approximate surface area is 109 Å². The smallest absolute Gasteiger partial charge is 0.151 e. The number of halogens is 1. The highest BCUT2D eigenvalue weighted by atomic mass is 79.9. The molecule has 2 atom stereocenters. The van der Waals surface area contributed by atoms with Crippen LogP contribution in [0.4, 0.5) is 0 Å². The molecule has 0 saturated heterocycles. The van der Waals surface area contributed by atoms with Crippen molar-refractivity contribution in [2.45, 2.75) is 24.6 Å². The molecule has 0 saturated carbocycles. The maximum absolute atomic E-state index is 11.5. The molecule has 0 fully saturated rings. The summed E-state index contributed by atoms with van der Waals surface area (Å²) in [4.78, 5) is 1.18. The number of hydrogen-bond donors (Lipinski definition) is 1. The van der Waals surface area contributed by atoms with E-state index in [0.717, 1.165) is 10.9 Å². The van der Waals surface area contributed by atoms with E-state index in [9.17, 15) is 8.42 Å². The quantitative estimate of drug-likeness (QED) is 0.901. The molecule has 16 heavy (non-hydrogen) atoms. The summed E-state index contributed by atoms with van der Waals surface area (Å²) >= 11 is 5.03. The van der Waals surface area contributed by atoms with Gasteiger partial charge in [0.2, 0.25) is 0 Å². The van der Waals surface area contributed by atoms with E-state index in [1.807, 2.05) is 11.4 Å². The summed E-state index contributed by atoms with van der Waals surface area (Å²) in [6.45, 7) is 1.75. The molecule has 0 spiro atoms. The molecule has 1 rings (SSSR count). The molecule has 0 radical (unpaired) electrons. The Morgan fingerprint density at radius 3 is 2.56 bits per heavy atom. The van der Waals surface area contributed by atoms with Gasteiger partial charge in [-0.05, 0) is 42.4 Å². The minimum absolute atomic E-state index is 0.0412. The van der Waals surface area contributed by atoms with Crippen LogP contribution >= 0.6 is 27.3 Å². The summed E-state index contributed by atoms with van der Waals surface area (Å²) in [6.07, 6.45) is 2.02. The number of hydrogen-bond acceptors (Lipinski definition) is 4. The fourth-order valence-corrected chi connectivity index (χ4v) is 3.82. The highest BCUT2D eigenvalue weighted by molar-refractivity contribution is 9.10. The lowest BCUT2D eigenvalue weighted by Crippen LogP contribution is -2.41. The van der Waals surface area contributed by atoms with Crippen LogP contribution in [0.25, 0.3) is 0 Å². The fraction of sp³-hybridized carbons (Fsp3) is 0.600. The van der Waals surface area contributed by atoms with Crippen molar-refractivity contribution in [1.82, 2.24) is 5.32 Å². The first kappa shape index (κ1) is 14.2. The van der Waals surface area contributed by atoms with Crippen LogP contribution < -0.4 is 5.32 Å². The van der Waals surface area contributed by atoms with Crippen LogP contribution in [0, 0.1) is 0 Å². The van der Waals surface area contributed by atoms with E-state index in [1.165, 1.54) is 11.1 Å². The molecule has 2 unspecified atom stereocenters. The fourth-order valence-electron chi connectivity index (χ4n) is 1.48. The number of thiophene rings is 1. The van der Waals surface area contributed by atoms with E-state index in [2.05, 4.69) is 21.2 Å². The molecule has 1 aromatic heterocycles. The van der Waals surface area contributed by atoms with Gasteiger partial charge in [0.1, 0.15) is 0 Å². The predicted octanol–water partition coefficient (Wildman–Crippen LogP) is 2.07. The Bertz CT molecular complexity index is 441. The van der Waals surface area contributed by atoms with Crippen LogP contribution in [-0.4, -0.2) is 33.0 Å². The third-order valence-electron chi connectivity index (χ3n) is 2.66. The monoisotopic (exact) mass is 325 g/mol. The topological polar surface area (TPSA) is 46.2 Å². The normalized spacial score (nSPS) is 16.0. The zero-order valence-corrected chi connectivity index (χ0v) is 12.7. The molecular weight excluding hydrogens is 310 g/mol. The Morgan fingerprint density at radius 1 is 1.56 bits per heavy atom. The molecule has 0 bridgehead atoms. The van der Waals surface area contributed by atoms with Crippen LogP contribution in [0.5, 0.6) is 0 Å². The Morgan fingerprint density at radius 2 is 2.19 bits per heavy atom. The first-order valence-electron chi connectivity index (χ1n) is 4.93. The maximum atomic E-state index is 11.5. The molecule has 92 valence electrons. The second kappa shape index (κ2) is 5.62. The van der Waals surface area contributed by atoms with Gasteiger partial charge < -0.3 is 5.32 Å². The van der Waals surface area contributed by atoms with Gasteiger partial charge >= 0.3 is 0 Å². The molecule has 1 N–H and O–H groups in total. The molecule has 0 amide bonds. The van der Waals surface area contributed by atoms with E-state index >= 15 is 0 Å². The van der Waals surface area contributed by atoms with Crippen molar-refractivity contribution in [2.75, 3.05) is 13.3 Å². The Kier molecular flexibility index (Phi) is 4.97. The van der Waals surface area contributed by atoms with Gasteiger partial charge in [0.25, 0.3) is 0 Å². The standard InChI is InChI=1S/C10H16BrNO2S2/c1-7(16(3,13)14)10(12-2)5-9-4-8(11)6-15-9/h4,6-7,10,12H,5H2,1-3H3. The molecular formula is C10H16BrNO2S2. The maximum Gasteiger partial charge on any atom is 0.151 e. The van der Waals surface area contributed by atoms with Crippen molar-refractivity contribution >= 4 is 37.1 Å². The number of likely N-dealkylation sites (N-methyl/N-ethyl adjacent to an activating group) is 1. The Balaban J connectivity index is 2.77. The lowest BCUT2D eigenvalue weighted by molar-refractivity contribution is 0.518. The minimum Gasteiger partial charge on any atom is -0.315 e. The van der Waals surface area contributed by atoms with Gasteiger partial charge in [0, 0.05) is 27.0 Å². The lowest BCUT2D eigenvalue weighted by Gasteiger charge is -2.21. The highest BCUT2D eigenvalue weighted by Crippen LogP contribution is 2.22. The molecule has 1 heterocycles. The molecule has 6 heteroatoms. The van der Waals surface area contributed by atoms with Crippen molar-refractivity contribution < 1.29 is 8.42 Å². The average molecular weight is 326 g/mol. The molecule has 3 nitrogen and oxygen atoms in total. The van der Waals surface area contributed by atoms with E-state index in [-0.39, 0.29) is 11.3 Å². The van der Waals surface area contributed by atoms with Crippen molar-refractivity contribution in [3.05, 3.63) is 20.8 Å². The zero-order chi connectivity index (χ0) is 12.3. The summed E-state index contributed by atoms with van der Waals surface area (Å²) < 4.78 is 24.0. The van der Waals surface area contributed by atoms with Gasteiger partial charge in [0.15, 0.2) is 9.84 Å². The van der Waals surface area contributed by atoms with Crippen LogP contribution in [0.3, 0.4) is 0 Å². The summed E-state index contributed by atoms with van der Waals surface area (Å²) in [5, 5.41) is 4.71. The van der Waals surface area contributed by atoms with Gasteiger partial charge in [0.05, 0.1) is 5.25 Å². The second-order valence-corrected chi connectivity index (χ2v) is 8.18. The van der Waals surface area contributed by atoms with Crippen molar-refractivity contribution in [3.8, 4) is 0 Å². The SMILES string of the molecule is CNC(Cc1cc(Br)cs1)C(C)S(C)(=O)=O. The van der Waals surface area contributed by atoms with Crippen LogP contribution in [0.1, 0.15) is 11.8 Å². The van der Waals surface area contributed by atoms with E-state index in [1.54, 1.807) is 25.3 Å². The number of nitrogens with one attached hydrogen (secondary N) is 1. The van der Waals surface area contributed by atoms with E-state index in [0.29, 0.717) is 0 Å². The van der Waals surface area contributed by atoms with Crippen molar-refractivity contribution in [2.24, 2.45) is 0 Å². The number of rotatable bonds is 5. The summed E-state index contributed by atoms with van der Waals surface area (Å²) in [5.41, 5.74) is 0. The van der Waals surface area contributed by atoms with Crippen LogP contribution in [-0.2, 0) is 16.3 Å². The van der Waals surface area contributed by atoms with E-state index in [4.69, 9.17) is 0 Å². The summed E-state index contributed by atoms with van der Waals surface area (Å²) in [7, 11) is -1.20. The summed E-state index contributed by atoms with van der Waals surface area (Å²) in [6, 6.07) is 1.99. The molecule has 0 aromatic carbocycles. The van der Waals surface area contributed by atoms with Gasteiger partial charge in [-0.3, -0.25) is 0 Å². The van der Waals surface area contributed by atoms with Gasteiger partial charge in [-0.25, -0.2) is 8.42 Å². The Hall–Kier alpha value is 0.0900. The summed E-state index contributed by atoms with van der Waals surface area (Å²) in [5.74, 6) is 0. The molecule has 0 aliphatic heterocycles. The first-order valence-corrected chi connectivity index (χ1v) is 8.56. The molecule has 0 aliphatic carbocycles. The highest BCUT2D eigenvalue weighted by Gasteiger charge is 2.25. The lowest BCUT2D eigenvalue weighted by atomic mass is 10.1. The average Bonchev–Trinajstić information content (AvgIpc) is 2.58. The largest absolute Gasteiger partial charge is 0.315 e. The second-order valence-electron chi connectivity index (χ2n) is 3.87. The third-order valence-corrected chi connectivity index (χ3v) is 6.05. The van der Waals surface area contributed by atoms with E-state index < -0.39 is 9.84 Å². The zero-order valence-electron chi connectivity index (χ0n) is 9.53. The molecule has 0 aliphatic rings. The van der Waals surface area contributed by atoms with Gasteiger partial charge in [-0.15, -0.1) is 11.3 Å². The predicted molar refractivity (Wildman–Crippen MR) is 72.9 cm³/mol.